The van der Waals surface area contributed by atoms with Crippen LogP contribution < -0.4 is 5.32 Å². The van der Waals surface area contributed by atoms with Crippen molar-refractivity contribution in [1.82, 2.24) is 29.6 Å². The van der Waals surface area contributed by atoms with Gasteiger partial charge in [-0.1, -0.05) is 111 Å². The minimum atomic E-state index is -2.50. The van der Waals surface area contributed by atoms with Crippen molar-refractivity contribution in [3.8, 4) is 11.4 Å². The molecule has 2 N–H and O–H groups in total. The van der Waals surface area contributed by atoms with Gasteiger partial charge < -0.3 is 24.2 Å². The van der Waals surface area contributed by atoms with Gasteiger partial charge >= 0.3 is 0 Å². The molecule has 7 aromatic rings. The molecule has 328 valence electrons. The molecular weight excluding hydrogens is 808 g/mol. The number of allylic oxidation sites excluding steroid dienone is 1. The second kappa shape index (κ2) is 18.0. The summed E-state index contributed by atoms with van der Waals surface area (Å²) < 4.78 is 29.7. The summed E-state index contributed by atoms with van der Waals surface area (Å²) in [6, 6.07) is 35.3. The molecule has 1 atom stereocenters. The number of fused-ring (bicyclic) bond motifs is 2. The van der Waals surface area contributed by atoms with E-state index in [4.69, 9.17) is 24.5 Å². The third kappa shape index (κ3) is 9.25. The zero-order chi connectivity index (χ0) is 45.2. The Bertz CT molecular complexity index is 2610. The van der Waals surface area contributed by atoms with Gasteiger partial charge in [-0.2, -0.15) is 5.10 Å². The summed E-state index contributed by atoms with van der Waals surface area (Å²) in [5.41, 5.74) is 4.05. The lowest BCUT2D eigenvalue weighted by Crippen LogP contribution is -2.46. The normalized spacial score (nSPS) is 13.0. The minimum Gasteiger partial charge on any atom is -0.470 e. The summed E-state index contributed by atoms with van der Waals surface area (Å²) >= 11 is 0. The van der Waals surface area contributed by atoms with Crippen molar-refractivity contribution in [3.63, 3.8) is 0 Å². The predicted molar refractivity (Wildman–Crippen MR) is 251 cm³/mol. The van der Waals surface area contributed by atoms with Crippen LogP contribution in [0.5, 0.6) is 0 Å². The van der Waals surface area contributed by atoms with E-state index in [1.54, 1.807) is 31.0 Å². The summed E-state index contributed by atoms with van der Waals surface area (Å²) in [6.45, 7) is 18.4. The van der Waals surface area contributed by atoms with Gasteiger partial charge in [0, 0.05) is 37.2 Å². The monoisotopic (exact) mass is 866 g/mol. The van der Waals surface area contributed by atoms with Gasteiger partial charge in [0.2, 0.25) is 0 Å². The molecule has 0 aliphatic heterocycles. The molecule has 0 aliphatic rings. The van der Waals surface area contributed by atoms with E-state index in [0.717, 1.165) is 23.1 Å². The lowest BCUT2D eigenvalue weighted by atomic mass is 9.76. The molecule has 0 bridgehead atoms. The van der Waals surface area contributed by atoms with E-state index in [1.165, 1.54) is 12.1 Å². The van der Waals surface area contributed by atoms with Crippen LogP contribution in [-0.4, -0.2) is 62.3 Å². The van der Waals surface area contributed by atoms with E-state index in [2.05, 4.69) is 66.7 Å². The van der Waals surface area contributed by atoms with Gasteiger partial charge in [0.05, 0.1) is 23.0 Å². The van der Waals surface area contributed by atoms with E-state index < -0.39 is 25.7 Å². The fourth-order valence-corrected chi connectivity index (χ4v) is 8.86. The van der Waals surface area contributed by atoms with Gasteiger partial charge in [0.25, 0.3) is 5.91 Å². The van der Waals surface area contributed by atoms with Gasteiger partial charge in [-0.05, 0) is 93.1 Å². The molecule has 12 heteroatoms. The summed E-state index contributed by atoms with van der Waals surface area (Å²) in [6.07, 6.45) is 5.70. The number of aryl methyl sites for hydroxylation is 1. The van der Waals surface area contributed by atoms with E-state index in [0.29, 0.717) is 70.6 Å². The summed E-state index contributed by atoms with van der Waals surface area (Å²) in [5.74, 6) is -0.105. The van der Waals surface area contributed by atoms with Crippen molar-refractivity contribution in [2.45, 2.75) is 102 Å². The number of carbonyl (C=O) groups excluding carboxylic acids is 1. The zero-order valence-corrected chi connectivity index (χ0v) is 38.7. The molecule has 0 saturated carbocycles. The third-order valence-electron chi connectivity index (χ3n) is 12.6. The van der Waals surface area contributed by atoms with Crippen molar-refractivity contribution < 1.29 is 23.5 Å². The SMILES string of the molecule is C=C(CCCn1nc(-c2cnc3c(n2)c(C(=O)NC(C)(C)CCC(C)(C)[Si](C)(C)O)cn3C(c2ccccc2)(c2ccccc2)c2ccccc2)c2ccc(F)cc21)OC(C)OC. The maximum Gasteiger partial charge on any atom is 0.255 e. The fourth-order valence-electron chi connectivity index (χ4n) is 8.12. The van der Waals surface area contributed by atoms with Crippen molar-refractivity contribution in [2.75, 3.05) is 7.11 Å². The second-order valence-corrected chi connectivity index (χ2v) is 22.7. The Morgan fingerprint density at radius 2 is 1.49 bits per heavy atom. The fraction of sp³-hybridized carbons (Fsp3) is 0.333. The van der Waals surface area contributed by atoms with Crippen molar-refractivity contribution >= 4 is 36.3 Å². The number of halogens is 1. The quantitative estimate of drug-likeness (QED) is 0.0382. The molecule has 4 aromatic carbocycles. The Balaban J connectivity index is 1.41. The van der Waals surface area contributed by atoms with Gasteiger partial charge in [-0.3, -0.25) is 9.48 Å². The van der Waals surface area contributed by atoms with Gasteiger partial charge in [-0.15, -0.1) is 0 Å². The van der Waals surface area contributed by atoms with Gasteiger partial charge in [0.15, 0.2) is 20.3 Å². The Kier molecular flexibility index (Phi) is 12.9. The van der Waals surface area contributed by atoms with E-state index in [9.17, 15) is 14.0 Å². The molecule has 3 aromatic heterocycles. The maximum absolute atomic E-state index is 15.0. The number of nitrogens with zero attached hydrogens (tertiary/aromatic N) is 5. The summed E-state index contributed by atoms with van der Waals surface area (Å²) in [4.78, 5) is 36.5. The van der Waals surface area contributed by atoms with Gasteiger partial charge in [-0.25, -0.2) is 14.4 Å². The van der Waals surface area contributed by atoms with E-state index >= 15 is 0 Å². The summed E-state index contributed by atoms with van der Waals surface area (Å²) in [5, 5.41) is 8.78. The first-order valence-corrected chi connectivity index (χ1v) is 24.5. The topological polar surface area (TPSA) is 116 Å². The highest BCUT2D eigenvalue weighted by Gasteiger charge is 2.42. The van der Waals surface area contributed by atoms with Crippen LogP contribution >= 0.6 is 0 Å². The molecule has 1 amide bonds. The van der Waals surface area contributed by atoms with Crippen LogP contribution in [0.1, 0.15) is 87.4 Å². The predicted octanol–water partition coefficient (Wildman–Crippen LogP) is 11.0. The van der Waals surface area contributed by atoms with E-state index in [-0.39, 0.29) is 16.8 Å². The first kappa shape index (κ1) is 45.1. The number of carbonyl (C=O) groups is 1. The highest BCUT2D eigenvalue weighted by atomic mass is 28.4. The van der Waals surface area contributed by atoms with Crippen LogP contribution in [0.15, 0.2) is 134 Å². The van der Waals surface area contributed by atoms with Crippen LogP contribution in [0.4, 0.5) is 4.39 Å². The lowest BCUT2D eigenvalue weighted by molar-refractivity contribution is -0.0819. The molecule has 10 nitrogen and oxygen atoms in total. The number of benzene rings is 4. The Labute approximate surface area is 371 Å². The number of nitrogens with one attached hydrogen (secondary N) is 1. The maximum atomic E-state index is 15.0. The third-order valence-corrected chi connectivity index (χ3v) is 16.2. The first-order valence-electron chi connectivity index (χ1n) is 21.6. The number of rotatable bonds is 18. The smallest absolute Gasteiger partial charge is 0.255 e. The van der Waals surface area contributed by atoms with E-state index in [1.807, 2.05) is 87.7 Å². The average molecular weight is 867 g/mol. The largest absolute Gasteiger partial charge is 0.470 e. The highest BCUT2D eigenvalue weighted by molar-refractivity contribution is 6.72. The average Bonchev–Trinajstić information content (AvgIpc) is 3.82. The molecule has 0 aliphatic carbocycles. The molecular formula is C51H59FN6O4Si. The molecule has 1 unspecified atom stereocenters. The lowest BCUT2D eigenvalue weighted by Gasteiger charge is -2.38. The highest BCUT2D eigenvalue weighted by Crippen LogP contribution is 2.44. The molecule has 0 saturated heterocycles. The zero-order valence-electron chi connectivity index (χ0n) is 37.7. The number of amides is 1. The molecule has 0 spiro atoms. The molecule has 3 heterocycles. The molecule has 7 rings (SSSR count). The Morgan fingerprint density at radius 3 is 2.05 bits per heavy atom. The molecule has 0 fully saturated rings. The van der Waals surface area contributed by atoms with Crippen molar-refractivity contribution in [3.05, 3.63) is 162 Å². The number of methoxy groups -OCH3 is 1. The number of aromatic nitrogens is 5. The summed E-state index contributed by atoms with van der Waals surface area (Å²) in [7, 11) is -0.922. The minimum absolute atomic E-state index is 0.272. The van der Waals surface area contributed by atoms with Crippen molar-refractivity contribution in [2.24, 2.45) is 0 Å². The first-order chi connectivity index (χ1) is 29.9. The van der Waals surface area contributed by atoms with Crippen LogP contribution in [0.2, 0.25) is 18.1 Å². The second-order valence-electron chi connectivity index (χ2n) is 18.2. The van der Waals surface area contributed by atoms with Crippen molar-refractivity contribution in [1.29, 1.82) is 0 Å². The van der Waals surface area contributed by atoms with Gasteiger partial charge in [0.1, 0.15) is 28.3 Å². The Morgan fingerprint density at radius 1 is 0.905 bits per heavy atom. The van der Waals surface area contributed by atoms with Crippen LogP contribution in [-0.2, 0) is 21.6 Å². The number of hydrogen-bond acceptors (Lipinski definition) is 7. The number of ether oxygens (including phenoxy) is 2. The molecule has 63 heavy (non-hydrogen) atoms. The molecule has 0 radical (unpaired) electrons. The van der Waals surface area contributed by atoms with Crippen LogP contribution in [0.3, 0.4) is 0 Å². The number of hydrogen-bond donors (Lipinski definition) is 2. The standard InChI is InChI=1S/C51H59FN6O4Si/c1-35(62-36(2)61-7)20-19-31-58-44-32-40(52)27-28-41(44)45(56-58)43-33-53-47-46(54-43)42(48(59)55-49(3,4)29-30-50(5,6)63(8,9)60)34-57(47)51(37-21-13-10-14-22-37,38-23-15-11-16-24-38)39-25-17-12-18-26-39/h10-18,21-28,32-34,36,60H,1,19-20,29-31H2,2-9H3,(H,55,59). The Hall–Kier alpha value is -5.95. The van der Waals surface area contributed by atoms with Crippen LogP contribution in [0.25, 0.3) is 33.5 Å². The van der Waals surface area contributed by atoms with Crippen LogP contribution in [0, 0.1) is 5.82 Å².